The molecule has 1 aliphatic heterocycles. The molecule has 3 aromatic carbocycles. The average molecular weight is 552 g/mol. The van der Waals surface area contributed by atoms with Crippen LogP contribution in [-0.2, 0) is 21.4 Å². The molecule has 1 saturated carbocycles. The van der Waals surface area contributed by atoms with E-state index >= 15 is 0 Å². The lowest BCUT2D eigenvalue weighted by Gasteiger charge is -2.31. The highest BCUT2D eigenvalue weighted by Gasteiger charge is 2.39. The fraction of sp³-hybridized carbons (Fsp3) is 0.310. The highest BCUT2D eigenvalue weighted by atomic mass is 35.5. The number of halogens is 1. The summed E-state index contributed by atoms with van der Waals surface area (Å²) in [5.74, 6) is -0.448. The van der Waals surface area contributed by atoms with Crippen LogP contribution in [0.2, 0.25) is 5.02 Å². The molecule has 0 radical (unpaired) electrons. The van der Waals surface area contributed by atoms with Gasteiger partial charge in [0, 0.05) is 29.7 Å². The van der Waals surface area contributed by atoms with Gasteiger partial charge in [0.1, 0.15) is 6.04 Å². The van der Waals surface area contributed by atoms with Crippen LogP contribution in [0.1, 0.15) is 53.1 Å². The molecule has 7 nitrogen and oxygen atoms in total. The predicted molar refractivity (Wildman–Crippen MR) is 146 cm³/mol. The van der Waals surface area contributed by atoms with Gasteiger partial charge in [0.25, 0.3) is 5.91 Å². The maximum atomic E-state index is 14.0. The number of rotatable bonds is 8. The Kier molecular flexibility index (Phi) is 7.83. The van der Waals surface area contributed by atoms with E-state index in [2.05, 4.69) is 10.6 Å². The summed E-state index contributed by atoms with van der Waals surface area (Å²) in [6.07, 6.45) is 3.06. The van der Waals surface area contributed by atoms with E-state index in [0.717, 1.165) is 18.4 Å². The first-order valence-corrected chi connectivity index (χ1v) is 14.6. The number of hydrogen-bond donors (Lipinski definition) is 2. The lowest BCUT2D eigenvalue weighted by Crippen LogP contribution is -2.48. The first-order chi connectivity index (χ1) is 18.3. The minimum Gasteiger partial charge on any atom is -0.355 e. The highest BCUT2D eigenvalue weighted by molar-refractivity contribution is 7.89. The molecule has 38 heavy (non-hydrogen) atoms. The monoisotopic (exact) mass is 551 g/mol. The zero-order valence-corrected chi connectivity index (χ0v) is 22.4. The normalized spacial score (nSPS) is 20.0. The molecule has 1 saturated heterocycles. The standard InChI is InChI=1S/C29H30ClN3O4S/c30-24-10-14-26(15-11-24)38(36,37)33(19-20-6-8-22(9-7-20)28(34)32-25-12-13-25)27-18-23(16-17-31-29(27)35)21-4-2-1-3-5-21/h1-11,14-15,23,25,27H,12-13,16-19H2,(H,31,35)(H,32,34). The fourth-order valence-electron chi connectivity index (χ4n) is 4.80. The lowest BCUT2D eigenvalue weighted by atomic mass is 9.90. The van der Waals surface area contributed by atoms with Gasteiger partial charge in [0.15, 0.2) is 0 Å². The molecule has 0 spiro atoms. The van der Waals surface area contributed by atoms with E-state index in [1.165, 1.54) is 28.6 Å². The summed E-state index contributed by atoms with van der Waals surface area (Å²) in [4.78, 5) is 25.8. The first kappa shape index (κ1) is 26.4. The van der Waals surface area contributed by atoms with Crippen molar-refractivity contribution in [2.75, 3.05) is 6.54 Å². The van der Waals surface area contributed by atoms with Gasteiger partial charge in [0.2, 0.25) is 15.9 Å². The molecular weight excluding hydrogens is 522 g/mol. The van der Waals surface area contributed by atoms with Crippen LogP contribution in [0.5, 0.6) is 0 Å². The average Bonchev–Trinajstić information content (AvgIpc) is 3.76. The Morgan fingerprint density at radius 3 is 2.29 bits per heavy atom. The van der Waals surface area contributed by atoms with Gasteiger partial charge in [-0.15, -0.1) is 0 Å². The van der Waals surface area contributed by atoms with Crippen LogP contribution in [-0.4, -0.2) is 43.2 Å². The predicted octanol–water partition coefficient (Wildman–Crippen LogP) is 4.49. The van der Waals surface area contributed by atoms with Gasteiger partial charge in [-0.1, -0.05) is 54.1 Å². The molecule has 3 aromatic rings. The molecule has 5 rings (SSSR count). The second-order valence-electron chi connectivity index (χ2n) is 9.89. The van der Waals surface area contributed by atoms with Crippen LogP contribution in [0.3, 0.4) is 0 Å². The minimum absolute atomic E-state index is 0.0107. The van der Waals surface area contributed by atoms with Crippen molar-refractivity contribution < 1.29 is 18.0 Å². The van der Waals surface area contributed by atoms with Crippen molar-refractivity contribution in [3.8, 4) is 0 Å². The van der Waals surface area contributed by atoms with Crippen molar-refractivity contribution in [2.45, 2.75) is 55.1 Å². The van der Waals surface area contributed by atoms with Gasteiger partial charge < -0.3 is 10.6 Å². The Morgan fingerprint density at radius 1 is 0.947 bits per heavy atom. The molecule has 0 aromatic heterocycles. The van der Waals surface area contributed by atoms with Crippen molar-refractivity contribution in [1.82, 2.24) is 14.9 Å². The van der Waals surface area contributed by atoms with Crippen LogP contribution in [0.25, 0.3) is 0 Å². The molecule has 2 amide bonds. The third kappa shape index (κ3) is 6.09. The van der Waals surface area contributed by atoms with Gasteiger partial charge in [0.05, 0.1) is 4.90 Å². The summed E-state index contributed by atoms with van der Waals surface area (Å²) in [7, 11) is -4.07. The SMILES string of the molecule is O=C(NC1CC1)c1ccc(CN(C2CC(c3ccccc3)CCNC2=O)S(=O)(=O)c2ccc(Cl)cc2)cc1. The molecule has 1 heterocycles. The smallest absolute Gasteiger partial charge is 0.251 e. The lowest BCUT2D eigenvalue weighted by molar-refractivity contribution is -0.124. The first-order valence-electron chi connectivity index (χ1n) is 12.8. The molecular formula is C29H30ClN3O4S. The van der Waals surface area contributed by atoms with Crippen molar-refractivity contribution in [2.24, 2.45) is 0 Å². The number of sulfonamides is 1. The Morgan fingerprint density at radius 2 is 1.63 bits per heavy atom. The van der Waals surface area contributed by atoms with Crippen LogP contribution < -0.4 is 10.6 Å². The fourth-order valence-corrected chi connectivity index (χ4v) is 6.51. The molecule has 2 unspecified atom stereocenters. The van der Waals surface area contributed by atoms with Crippen LogP contribution >= 0.6 is 11.6 Å². The van der Waals surface area contributed by atoms with Gasteiger partial charge in [-0.25, -0.2) is 8.42 Å². The second-order valence-corrected chi connectivity index (χ2v) is 12.2. The number of hydrogen-bond acceptors (Lipinski definition) is 4. The van der Waals surface area contributed by atoms with Gasteiger partial charge >= 0.3 is 0 Å². The number of nitrogens with one attached hydrogen (secondary N) is 2. The summed E-state index contributed by atoms with van der Waals surface area (Å²) in [5.41, 5.74) is 2.27. The second kappa shape index (κ2) is 11.3. The number of nitrogens with zero attached hydrogens (tertiary/aromatic N) is 1. The topological polar surface area (TPSA) is 95.6 Å². The van der Waals surface area contributed by atoms with Crippen molar-refractivity contribution in [1.29, 1.82) is 0 Å². The van der Waals surface area contributed by atoms with E-state index in [1.807, 2.05) is 30.3 Å². The summed E-state index contributed by atoms with van der Waals surface area (Å²) in [6.45, 7) is 0.448. The molecule has 2 atom stereocenters. The summed E-state index contributed by atoms with van der Waals surface area (Å²) >= 11 is 6.02. The number of carbonyl (C=O) groups is 2. The van der Waals surface area contributed by atoms with Gasteiger partial charge in [-0.05, 0) is 79.1 Å². The third-order valence-electron chi connectivity index (χ3n) is 7.11. The van der Waals surface area contributed by atoms with E-state index in [9.17, 15) is 18.0 Å². The Labute approximate surface area is 228 Å². The molecule has 9 heteroatoms. The largest absolute Gasteiger partial charge is 0.355 e. The van der Waals surface area contributed by atoms with Crippen molar-refractivity contribution in [3.63, 3.8) is 0 Å². The Bertz CT molecular complexity index is 1390. The highest BCUT2D eigenvalue weighted by Crippen LogP contribution is 2.32. The maximum absolute atomic E-state index is 14.0. The van der Waals surface area contributed by atoms with Crippen LogP contribution in [0, 0.1) is 0 Å². The van der Waals surface area contributed by atoms with E-state index < -0.39 is 16.1 Å². The molecule has 2 N–H and O–H groups in total. The van der Waals surface area contributed by atoms with E-state index in [4.69, 9.17) is 11.6 Å². The van der Waals surface area contributed by atoms with E-state index in [0.29, 0.717) is 35.5 Å². The molecule has 198 valence electrons. The summed E-state index contributed by atoms with van der Waals surface area (Å²) < 4.78 is 29.3. The van der Waals surface area contributed by atoms with Gasteiger partial charge in [-0.3, -0.25) is 9.59 Å². The van der Waals surface area contributed by atoms with Crippen LogP contribution in [0.4, 0.5) is 0 Å². The number of carbonyl (C=O) groups excluding carboxylic acids is 2. The Balaban J connectivity index is 1.48. The number of benzene rings is 3. The molecule has 2 fully saturated rings. The summed E-state index contributed by atoms with van der Waals surface area (Å²) in [5, 5.41) is 6.30. The van der Waals surface area contributed by atoms with E-state index in [1.54, 1.807) is 24.3 Å². The quantitative estimate of drug-likeness (QED) is 0.431. The van der Waals surface area contributed by atoms with Gasteiger partial charge in [-0.2, -0.15) is 4.31 Å². The zero-order valence-electron chi connectivity index (χ0n) is 20.8. The van der Waals surface area contributed by atoms with Crippen LogP contribution in [0.15, 0.2) is 83.8 Å². The van der Waals surface area contributed by atoms with Crippen molar-refractivity contribution in [3.05, 3.63) is 101 Å². The van der Waals surface area contributed by atoms with E-state index in [-0.39, 0.29) is 35.2 Å². The molecule has 1 aliphatic carbocycles. The number of amides is 2. The Hall–Kier alpha value is -3.20. The summed E-state index contributed by atoms with van der Waals surface area (Å²) in [6, 6.07) is 22.1. The minimum atomic E-state index is -4.07. The third-order valence-corrected chi connectivity index (χ3v) is 9.23. The molecule has 0 bridgehead atoms. The molecule has 2 aliphatic rings. The zero-order chi connectivity index (χ0) is 26.7. The maximum Gasteiger partial charge on any atom is 0.251 e. The van der Waals surface area contributed by atoms with Crippen molar-refractivity contribution >= 4 is 33.4 Å².